The average molecular weight is 433 g/mol. The number of carbonyl (C=O) groups is 2. The number of anilines is 1. The second kappa shape index (κ2) is 8.93. The molecule has 9 heteroatoms. The van der Waals surface area contributed by atoms with E-state index in [-0.39, 0.29) is 17.5 Å². The molecule has 2 heterocycles. The van der Waals surface area contributed by atoms with Crippen LogP contribution in [0.2, 0.25) is 0 Å². The van der Waals surface area contributed by atoms with Crippen LogP contribution in [0.15, 0.2) is 60.8 Å². The van der Waals surface area contributed by atoms with Crippen molar-refractivity contribution in [1.82, 2.24) is 14.7 Å². The van der Waals surface area contributed by atoms with E-state index >= 15 is 0 Å². The van der Waals surface area contributed by atoms with Crippen LogP contribution >= 0.6 is 11.8 Å². The predicted octanol–water partition coefficient (Wildman–Crippen LogP) is 2.91. The quantitative estimate of drug-likeness (QED) is 0.664. The summed E-state index contributed by atoms with van der Waals surface area (Å²) in [4.78, 5) is 27.6. The van der Waals surface area contributed by atoms with Gasteiger partial charge in [0.1, 0.15) is 6.04 Å². The van der Waals surface area contributed by atoms with Crippen molar-refractivity contribution in [3.8, 4) is 17.5 Å². The lowest BCUT2D eigenvalue weighted by molar-refractivity contribution is -0.119. The van der Waals surface area contributed by atoms with E-state index in [9.17, 15) is 9.59 Å². The number of nitrogens with one attached hydrogen (secondary N) is 1. The summed E-state index contributed by atoms with van der Waals surface area (Å²) in [5.74, 6) is 0.555. The maximum Gasteiger partial charge on any atom is 0.279 e. The Morgan fingerprint density at radius 2 is 1.94 bits per heavy atom. The highest BCUT2D eigenvalue weighted by Gasteiger charge is 2.37. The average Bonchev–Trinajstić information content (AvgIpc) is 3.47. The van der Waals surface area contributed by atoms with Crippen LogP contribution in [-0.4, -0.2) is 51.3 Å². The van der Waals surface area contributed by atoms with Gasteiger partial charge in [0.15, 0.2) is 11.4 Å². The van der Waals surface area contributed by atoms with Crippen LogP contribution in [0.25, 0.3) is 5.69 Å². The third-order valence-corrected chi connectivity index (χ3v) is 5.86. The first-order chi connectivity index (χ1) is 15.1. The molecule has 0 spiro atoms. The van der Waals surface area contributed by atoms with Crippen molar-refractivity contribution in [2.45, 2.75) is 6.04 Å². The minimum Gasteiger partial charge on any atom is -0.493 e. The number of aromatic nitrogens is 2. The smallest absolute Gasteiger partial charge is 0.279 e. The van der Waals surface area contributed by atoms with Crippen molar-refractivity contribution in [1.29, 1.82) is 5.26 Å². The maximum atomic E-state index is 13.3. The van der Waals surface area contributed by atoms with E-state index in [1.165, 1.54) is 23.8 Å². The van der Waals surface area contributed by atoms with Crippen molar-refractivity contribution in [3.63, 3.8) is 0 Å². The Hall–Kier alpha value is -3.77. The topological polar surface area (TPSA) is 100 Å². The number of thioether (sulfide) groups is 1. The third kappa shape index (κ3) is 4.25. The Morgan fingerprint density at radius 1 is 1.19 bits per heavy atom. The molecule has 4 rings (SSSR count). The zero-order chi connectivity index (χ0) is 21.8. The van der Waals surface area contributed by atoms with Gasteiger partial charge in [-0.25, -0.2) is 4.68 Å². The number of benzene rings is 2. The van der Waals surface area contributed by atoms with E-state index in [1.807, 2.05) is 36.4 Å². The minimum absolute atomic E-state index is 0.157. The Balaban J connectivity index is 1.54. The Morgan fingerprint density at radius 3 is 2.61 bits per heavy atom. The van der Waals surface area contributed by atoms with Gasteiger partial charge in [-0.1, -0.05) is 18.2 Å². The van der Waals surface area contributed by atoms with E-state index in [4.69, 9.17) is 10.00 Å². The number of amides is 2. The summed E-state index contributed by atoms with van der Waals surface area (Å²) in [6, 6.07) is 17.4. The normalized spacial score (nSPS) is 15.4. The summed E-state index contributed by atoms with van der Waals surface area (Å²) in [6.07, 6.45) is 1.65. The molecule has 1 aliphatic heterocycles. The summed E-state index contributed by atoms with van der Waals surface area (Å²) in [6.45, 7) is 0. The van der Waals surface area contributed by atoms with Crippen molar-refractivity contribution in [2.75, 3.05) is 24.1 Å². The zero-order valence-electron chi connectivity index (χ0n) is 16.7. The van der Waals surface area contributed by atoms with Crippen LogP contribution in [0.4, 0.5) is 5.69 Å². The van der Waals surface area contributed by atoms with Gasteiger partial charge in [0.25, 0.3) is 5.91 Å². The molecule has 1 saturated heterocycles. The molecule has 2 amide bonds. The molecular weight excluding hydrogens is 414 g/mol. The van der Waals surface area contributed by atoms with Crippen LogP contribution in [-0.2, 0) is 4.79 Å². The SMILES string of the molecule is COc1cn(-c2ccccc2)nc1C(=O)N1CSCC1C(=O)Nc1ccc(C#N)cc1. The van der Waals surface area contributed by atoms with Crippen LogP contribution in [0, 0.1) is 11.3 Å². The van der Waals surface area contributed by atoms with Crippen molar-refractivity contribution >= 4 is 29.3 Å². The first-order valence-electron chi connectivity index (χ1n) is 9.49. The van der Waals surface area contributed by atoms with E-state index in [0.29, 0.717) is 28.6 Å². The molecule has 1 N–H and O–H groups in total. The Labute approximate surface area is 183 Å². The van der Waals surface area contributed by atoms with Gasteiger partial charge in [0, 0.05) is 11.4 Å². The molecule has 1 atom stereocenters. The second-order valence-corrected chi connectivity index (χ2v) is 7.80. The molecule has 31 heavy (non-hydrogen) atoms. The Bertz CT molecular complexity index is 1140. The highest BCUT2D eigenvalue weighted by Crippen LogP contribution is 2.28. The van der Waals surface area contributed by atoms with Gasteiger partial charge in [-0.05, 0) is 36.4 Å². The lowest BCUT2D eigenvalue weighted by atomic mass is 10.2. The van der Waals surface area contributed by atoms with Gasteiger partial charge >= 0.3 is 0 Å². The molecular formula is C22H19N5O3S. The number of ether oxygens (including phenoxy) is 1. The van der Waals surface area contributed by atoms with Gasteiger partial charge in [-0.3, -0.25) is 9.59 Å². The first-order valence-corrected chi connectivity index (χ1v) is 10.6. The molecule has 0 radical (unpaired) electrons. The molecule has 0 saturated carbocycles. The van der Waals surface area contributed by atoms with Gasteiger partial charge in [0.2, 0.25) is 5.91 Å². The number of hydrogen-bond acceptors (Lipinski definition) is 6. The Kier molecular flexibility index (Phi) is 5.91. The number of nitrogens with zero attached hydrogens (tertiary/aromatic N) is 4. The minimum atomic E-state index is -0.639. The number of methoxy groups -OCH3 is 1. The highest BCUT2D eigenvalue weighted by atomic mass is 32.2. The van der Waals surface area contributed by atoms with E-state index < -0.39 is 6.04 Å². The summed E-state index contributed by atoms with van der Waals surface area (Å²) in [5.41, 5.74) is 2.03. The van der Waals surface area contributed by atoms with Crippen molar-refractivity contribution in [2.24, 2.45) is 0 Å². The lowest BCUT2D eigenvalue weighted by Gasteiger charge is -2.22. The van der Waals surface area contributed by atoms with E-state index in [0.717, 1.165) is 5.69 Å². The molecule has 8 nitrogen and oxygen atoms in total. The number of nitriles is 1. The number of carbonyl (C=O) groups excluding carboxylic acids is 2. The van der Waals surface area contributed by atoms with Gasteiger partial charge < -0.3 is 15.0 Å². The number of hydrogen-bond donors (Lipinski definition) is 1. The fraction of sp³-hybridized carbons (Fsp3) is 0.182. The molecule has 1 fully saturated rings. The largest absolute Gasteiger partial charge is 0.493 e. The van der Waals surface area contributed by atoms with Crippen LogP contribution in [0.3, 0.4) is 0 Å². The lowest BCUT2D eigenvalue weighted by Crippen LogP contribution is -2.44. The molecule has 156 valence electrons. The zero-order valence-corrected chi connectivity index (χ0v) is 17.5. The molecule has 1 unspecified atom stereocenters. The standard InChI is InChI=1S/C22H19N5O3S/c1-30-19-12-27(17-5-3-2-4-6-17)25-20(19)22(29)26-14-31-13-18(26)21(28)24-16-9-7-15(11-23)8-10-16/h2-10,12,18H,13-14H2,1H3,(H,24,28). The van der Waals surface area contributed by atoms with Gasteiger partial charge in [-0.15, -0.1) is 11.8 Å². The summed E-state index contributed by atoms with van der Waals surface area (Å²) >= 11 is 1.50. The third-order valence-electron chi connectivity index (χ3n) is 4.85. The second-order valence-electron chi connectivity index (χ2n) is 6.80. The van der Waals surface area contributed by atoms with Crippen LogP contribution in [0.1, 0.15) is 16.1 Å². The highest BCUT2D eigenvalue weighted by molar-refractivity contribution is 7.99. The fourth-order valence-corrected chi connectivity index (χ4v) is 4.37. The molecule has 3 aromatic rings. The monoisotopic (exact) mass is 433 g/mol. The number of rotatable bonds is 5. The summed E-state index contributed by atoms with van der Waals surface area (Å²) in [7, 11) is 1.48. The fourth-order valence-electron chi connectivity index (χ4n) is 3.22. The molecule has 2 aromatic carbocycles. The maximum absolute atomic E-state index is 13.3. The van der Waals surface area contributed by atoms with Crippen molar-refractivity contribution < 1.29 is 14.3 Å². The first kappa shape index (κ1) is 20.5. The van der Waals surface area contributed by atoms with Crippen molar-refractivity contribution in [3.05, 3.63) is 72.1 Å². The van der Waals surface area contributed by atoms with Crippen LogP contribution in [0.5, 0.6) is 5.75 Å². The summed E-state index contributed by atoms with van der Waals surface area (Å²) < 4.78 is 6.96. The van der Waals surface area contributed by atoms with Gasteiger partial charge in [0.05, 0.1) is 36.5 Å². The van der Waals surface area contributed by atoms with Gasteiger partial charge in [-0.2, -0.15) is 10.4 Å². The molecule has 1 aliphatic rings. The molecule has 1 aromatic heterocycles. The number of para-hydroxylation sites is 1. The summed E-state index contributed by atoms with van der Waals surface area (Å²) in [5, 5.41) is 16.1. The molecule has 0 aliphatic carbocycles. The van der Waals surface area contributed by atoms with E-state index in [2.05, 4.69) is 10.4 Å². The van der Waals surface area contributed by atoms with Crippen LogP contribution < -0.4 is 10.1 Å². The van der Waals surface area contributed by atoms with E-state index in [1.54, 1.807) is 35.1 Å². The predicted molar refractivity (Wildman–Crippen MR) is 117 cm³/mol. The molecule has 0 bridgehead atoms.